The minimum Gasteiger partial charge on any atom is -0.298 e. The van der Waals surface area contributed by atoms with Gasteiger partial charge < -0.3 is 0 Å². The maximum atomic E-state index is 13.7. The number of hydrogen-bond donors (Lipinski definition) is 1. The summed E-state index contributed by atoms with van der Waals surface area (Å²) in [4.78, 5) is 16.4. The van der Waals surface area contributed by atoms with E-state index in [-0.39, 0.29) is 15.6 Å². The fraction of sp³-hybridized carbons (Fsp3) is 0.125. The molecule has 0 saturated heterocycles. The average Bonchev–Trinajstić information content (AvgIpc) is 2.95. The number of rotatable bonds is 4. The third-order valence-electron chi connectivity index (χ3n) is 3.53. The highest BCUT2D eigenvalue weighted by Gasteiger charge is 2.19. The second kappa shape index (κ2) is 6.71. The highest BCUT2D eigenvalue weighted by atomic mass is 32.2. The van der Waals surface area contributed by atoms with E-state index in [0.29, 0.717) is 16.3 Å². The first-order valence-electron chi connectivity index (χ1n) is 7.28. The third kappa shape index (κ3) is 3.43. The Hall–Kier alpha value is -2.43. The van der Waals surface area contributed by atoms with Gasteiger partial charge >= 0.3 is 0 Å². The van der Waals surface area contributed by atoms with E-state index in [9.17, 15) is 22.0 Å². The Kier molecular flexibility index (Phi) is 4.74. The summed E-state index contributed by atoms with van der Waals surface area (Å²) in [7, 11) is -0.744. The van der Waals surface area contributed by atoms with Crippen LogP contribution in [0, 0.1) is 11.6 Å². The number of fused-ring (bicyclic) bond motifs is 1. The summed E-state index contributed by atoms with van der Waals surface area (Å²) in [6, 6.07) is 7.03. The van der Waals surface area contributed by atoms with Gasteiger partial charge in [-0.25, -0.2) is 26.5 Å². The number of amides is 1. The molecule has 3 aromatic rings. The lowest BCUT2D eigenvalue weighted by atomic mass is 10.2. The van der Waals surface area contributed by atoms with Crippen molar-refractivity contribution in [3.05, 3.63) is 53.6 Å². The van der Waals surface area contributed by atoms with Crippen LogP contribution in [0.1, 0.15) is 10.4 Å². The fourth-order valence-corrected chi connectivity index (χ4v) is 4.07. The summed E-state index contributed by atoms with van der Waals surface area (Å²) in [6.07, 6.45) is 0. The third-order valence-corrected chi connectivity index (χ3v) is 6.28. The molecular weight excluding hydrogens is 384 g/mol. The van der Waals surface area contributed by atoms with Crippen molar-refractivity contribution in [3.63, 3.8) is 0 Å². The number of aromatic nitrogens is 1. The summed E-state index contributed by atoms with van der Waals surface area (Å²) < 4.78 is 52.6. The number of nitrogens with one attached hydrogen (secondary N) is 1. The van der Waals surface area contributed by atoms with Gasteiger partial charge in [-0.05, 0) is 30.3 Å². The van der Waals surface area contributed by atoms with Crippen LogP contribution < -0.4 is 5.32 Å². The van der Waals surface area contributed by atoms with Crippen LogP contribution in [-0.4, -0.2) is 37.7 Å². The maximum absolute atomic E-state index is 13.7. The zero-order chi connectivity index (χ0) is 19.1. The highest BCUT2D eigenvalue weighted by Crippen LogP contribution is 2.29. The van der Waals surface area contributed by atoms with Crippen LogP contribution >= 0.6 is 11.3 Å². The Labute approximate surface area is 152 Å². The molecule has 0 spiro atoms. The lowest BCUT2D eigenvalue weighted by Gasteiger charge is -2.10. The normalized spacial score (nSPS) is 11.9. The lowest BCUT2D eigenvalue weighted by molar-refractivity contribution is 0.102. The Bertz CT molecular complexity index is 1110. The molecule has 3 rings (SSSR count). The maximum Gasteiger partial charge on any atom is 0.260 e. The molecule has 1 amide bonds. The van der Waals surface area contributed by atoms with Crippen molar-refractivity contribution in [2.45, 2.75) is 4.90 Å². The van der Waals surface area contributed by atoms with Crippen molar-refractivity contribution < 1.29 is 22.0 Å². The molecule has 136 valence electrons. The van der Waals surface area contributed by atoms with Crippen molar-refractivity contribution in [1.29, 1.82) is 0 Å². The van der Waals surface area contributed by atoms with Crippen molar-refractivity contribution in [3.8, 4) is 0 Å². The van der Waals surface area contributed by atoms with Gasteiger partial charge in [-0.3, -0.25) is 10.1 Å². The second-order valence-corrected chi connectivity index (χ2v) is 8.70. The molecule has 26 heavy (non-hydrogen) atoms. The summed E-state index contributed by atoms with van der Waals surface area (Å²) >= 11 is 1.05. The van der Waals surface area contributed by atoms with Crippen LogP contribution in [0.5, 0.6) is 0 Å². The van der Waals surface area contributed by atoms with Crippen molar-refractivity contribution in [2.24, 2.45) is 0 Å². The molecule has 6 nitrogen and oxygen atoms in total. The smallest absolute Gasteiger partial charge is 0.260 e. The number of thiazole rings is 1. The van der Waals surface area contributed by atoms with Crippen LogP contribution in [0.4, 0.5) is 13.9 Å². The van der Waals surface area contributed by atoms with E-state index in [4.69, 9.17) is 0 Å². The minimum absolute atomic E-state index is 0.0982. The minimum atomic E-state index is -3.60. The van der Waals surface area contributed by atoms with E-state index in [1.165, 1.54) is 32.3 Å². The number of benzene rings is 2. The summed E-state index contributed by atoms with van der Waals surface area (Å²) in [6.45, 7) is 0. The van der Waals surface area contributed by atoms with E-state index in [1.54, 1.807) is 0 Å². The Morgan fingerprint density at radius 2 is 1.88 bits per heavy atom. The van der Waals surface area contributed by atoms with Crippen LogP contribution in [-0.2, 0) is 10.0 Å². The van der Waals surface area contributed by atoms with Gasteiger partial charge in [0, 0.05) is 20.2 Å². The van der Waals surface area contributed by atoms with Gasteiger partial charge in [0.1, 0.15) is 11.6 Å². The van der Waals surface area contributed by atoms with Crippen molar-refractivity contribution in [2.75, 3.05) is 19.4 Å². The van der Waals surface area contributed by atoms with Gasteiger partial charge in [-0.15, -0.1) is 0 Å². The largest absolute Gasteiger partial charge is 0.298 e. The van der Waals surface area contributed by atoms with Crippen LogP contribution in [0.25, 0.3) is 10.2 Å². The van der Waals surface area contributed by atoms with Crippen LogP contribution in [0.15, 0.2) is 41.3 Å². The van der Waals surface area contributed by atoms with E-state index in [2.05, 4.69) is 10.3 Å². The quantitative estimate of drug-likeness (QED) is 0.734. The molecule has 0 radical (unpaired) electrons. The van der Waals surface area contributed by atoms with Gasteiger partial charge in [0.15, 0.2) is 5.13 Å². The van der Waals surface area contributed by atoms with Crippen LogP contribution in [0.2, 0.25) is 0 Å². The van der Waals surface area contributed by atoms with E-state index < -0.39 is 27.6 Å². The first-order valence-corrected chi connectivity index (χ1v) is 9.53. The van der Waals surface area contributed by atoms with Crippen molar-refractivity contribution >= 4 is 42.6 Å². The van der Waals surface area contributed by atoms with Gasteiger partial charge in [-0.2, -0.15) is 0 Å². The lowest BCUT2D eigenvalue weighted by Crippen LogP contribution is -2.22. The topological polar surface area (TPSA) is 79.4 Å². The Balaban J connectivity index is 1.91. The average molecular weight is 397 g/mol. The van der Waals surface area contributed by atoms with Gasteiger partial charge in [-0.1, -0.05) is 11.3 Å². The number of carbonyl (C=O) groups is 1. The summed E-state index contributed by atoms with van der Waals surface area (Å²) in [5.41, 5.74) is 0.170. The van der Waals surface area contributed by atoms with E-state index in [0.717, 1.165) is 27.8 Å². The van der Waals surface area contributed by atoms with E-state index in [1.807, 2.05) is 0 Å². The molecule has 2 aromatic carbocycles. The predicted octanol–water partition coefficient (Wildman–Crippen LogP) is 3.08. The number of hydrogen-bond acceptors (Lipinski definition) is 5. The Morgan fingerprint density at radius 1 is 1.15 bits per heavy atom. The number of halogens is 2. The predicted molar refractivity (Wildman–Crippen MR) is 94.8 cm³/mol. The summed E-state index contributed by atoms with van der Waals surface area (Å²) in [5.74, 6) is -2.54. The molecule has 0 aliphatic rings. The van der Waals surface area contributed by atoms with Crippen molar-refractivity contribution in [1.82, 2.24) is 9.29 Å². The fourth-order valence-electron chi connectivity index (χ4n) is 2.17. The monoisotopic (exact) mass is 397 g/mol. The second-order valence-electron chi connectivity index (χ2n) is 5.51. The molecule has 0 bridgehead atoms. The van der Waals surface area contributed by atoms with Crippen LogP contribution in [0.3, 0.4) is 0 Å². The zero-order valence-electron chi connectivity index (χ0n) is 13.7. The molecule has 0 atom stereocenters. The van der Waals surface area contributed by atoms with Gasteiger partial charge in [0.2, 0.25) is 10.0 Å². The molecule has 0 fully saturated rings. The number of carbonyl (C=O) groups excluding carboxylic acids is 1. The zero-order valence-corrected chi connectivity index (χ0v) is 15.3. The number of sulfonamides is 1. The molecule has 10 heteroatoms. The molecule has 0 aliphatic carbocycles. The highest BCUT2D eigenvalue weighted by molar-refractivity contribution is 7.89. The standard InChI is InChI=1S/C16H13F2N3O3S2/c1-21(2)26(23,24)10-4-6-13-14(8-10)25-16(19-13)20-15(22)11-5-3-9(17)7-12(11)18/h3-8H,1-2H3,(H,19,20,22). The van der Waals surface area contributed by atoms with Gasteiger partial charge in [0.05, 0.1) is 20.7 Å². The molecule has 1 N–H and O–H groups in total. The van der Waals surface area contributed by atoms with Gasteiger partial charge in [0.25, 0.3) is 5.91 Å². The Morgan fingerprint density at radius 3 is 2.54 bits per heavy atom. The molecule has 0 saturated carbocycles. The molecule has 1 heterocycles. The molecule has 1 aromatic heterocycles. The summed E-state index contributed by atoms with van der Waals surface area (Å²) in [5, 5.41) is 2.61. The molecule has 0 aliphatic heterocycles. The number of anilines is 1. The van der Waals surface area contributed by atoms with E-state index >= 15 is 0 Å². The molecule has 0 unspecified atom stereocenters. The first kappa shape index (κ1) is 18.4. The molecular formula is C16H13F2N3O3S2. The first-order chi connectivity index (χ1) is 12.2. The SMILES string of the molecule is CN(C)S(=O)(=O)c1ccc2nc(NC(=O)c3ccc(F)cc3F)sc2c1. The number of nitrogens with zero attached hydrogens (tertiary/aromatic N) is 2.